The Hall–Kier alpha value is -1.30. The van der Waals surface area contributed by atoms with E-state index in [1.807, 2.05) is 16.9 Å². The van der Waals surface area contributed by atoms with Gasteiger partial charge in [-0.25, -0.2) is 0 Å². The SMILES string of the molecule is CC(C)n1ccc(CC2(C#N)CCC2)n1. The molecule has 3 nitrogen and oxygen atoms in total. The first-order valence-electron chi connectivity index (χ1n) is 5.60. The van der Waals surface area contributed by atoms with Gasteiger partial charge in [0, 0.05) is 18.7 Å². The molecule has 0 atom stereocenters. The second-order valence-electron chi connectivity index (χ2n) is 4.80. The zero-order chi connectivity index (χ0) is 10.9. The van der Waals surface area contributed by atoms with Crippen molar-refractivity contribution in [1.29, 1.82) is 5.26 Å². The summed E-state index contributed by atoms with van der Waals surface area (Å²) in [6.07, 6.45) is 6.10. The summed E-state index contributed by atoms with van der Waals surface area (Å²) in [5.74, 6) is 0. The highest BCUT2D eigenvalue weighted by Gasteiger charge is 2.37. The molecular weight excluding hydrogens is 186 g/mol. The van der Waals surface area contributed by atoms with Crippen molar-refractivity contribution in [2.75, 3.05) is 0 Å². The summed E-state index contributed by atoms with van der Waals surface area (Å²) in [7, 11) is 0. The van der Waals surface area contributed by atoms with Crippen molar-refractivity contribution in [2.24, 2.45) is 5.41 Å². The summed E-state index contributed by atoms with van der Waals surface area (Å²) in [6.45, 7) is 4.22. The Morgan fingerprint density at radius 3 is 2.73 bits per heavy atom. The Balaban J connectivity index is 2.08. The molecule has 0 amide bonds. The quantitative estimate of drug-likeness (QED) is 0.758. The minimum Gasteiger partial charge on any atom is -0.270 e. The maximum Gasteiger partial charge on any atom is 0.0693 e. The molecule has 1 heterocycles. The van der Waals surface area contributed by atoms with E-state index in [9.17, 15) is 0 Å². The molecule has 1 fully saturated rings. The van der Waals surface area contributed by atoms with Crippen molar-refractivity contribution >= 4 is 0 Å². The van der Waals surface area contributed by atoms with Crippen LogP contribution in [0.1, 0.15) is 44.8 Å². The lowest BCUT2D eigenvalue weighted by atomic mass is 9.67. The van der Waals surface area contributed by atoms with Crippen LogP contribution in [0.25, 0.3) is 0 Å². The van der Waals surface area contributed by atoms with Gasteiger partial charge in [-0.3, -0.25) is 4.68 Å². The van der Waals surface area contributed by atoms with Gasteiger partial charge >= 0.3 is 0 Å². The van der Waals surface area contributed by atoms with Gasteiger partial charge in [-0.2, -0.15) is 10.4 Å². The first-order chi connectivity index (χ1) is 7.15. The first kappa shape index (κ1) is 10.2. The molecule has 1 aliphatic carbocycles. The molecule has 1 aromatic heterocycles. The molecular formula is C12H17N3. The van der Waals surface area contributed by atoms with Crippen LogP contribution in [0.5, 0.6) is 0 Å². The predicted molar refractivity (Wildman–Crippen MR) is 58.2 cm³/mol. The maximum atomic E-state index is 9.13. The van der Waals surface area contributed by atoms with Gasteiger partial charge in [0.1, 0.15) is 0 Å². The molecule has 1 saturated carbocycles. The number of hydrogen-bond donors (Lipinski definition) is 0. The molecule has 80 valence electrons. The van der Waals surface area contributed by atoms with Crippen molar-refractivity contribution in [3.63, 3.8) is 0 Å². The van der Waals surface area contributed by atoms with Gasteiger partial charge in [0.05, 0.1) is 17.2 Å². The third-order valence-corrected chi connectivity index (χ3v) is 3.26. The van der Waals surface area contributed by atoms with E-state index in [0.717, 1.165) is 25.0 Å². The van der Waals surface area contributed by atoms with Gasteiger partial charge in [0.2, 0.25) is 0 Å². The Morgan fingerprint density at radius 2 is 2.33 bits per heavy atom. The normalized spacial score (nSPS) is 18.5. The van der Waals surface area contributed by atoms with Crippen molar-refractivity contribution in [1.82, 2.24) is 9.78 Å². The summed E-state index contributed by atoms with van der Waals surface area (Å²) in [4.78, 5) is 0. The van der Waals surface area contributed by atoms with E-state index in [-0.39, 0.29) is 5.41 Å². The molecule has 1 aliphatic rings. The van der Waals surface area contributed by atoms with Crippen molar-refractivity contribution in [2.45, 2.75) is 45.6 Å². The first-order valence-corrected chi connectivity index (χ1v) is 5.60. The molecule has 0 spiro atoms. The number of nitriles is 1. The third kappa shape index (κ3) is 1.90. The van der Waals surface area contributed by atoms with Crippen LogP contribution in [0, 0.1) is 16.7 Å². The summed E-state index contributed by atoms with van der Waals surface area (Å²) in [6, 6.07) is 4.89. The molecule has 3 heteroatoms. The molecule has 2 rings (SSSR count). The van der Waals surface area contributed by atoms with E-state index in [1.165, 1.54) is 6.42 Å². The van der Waals surface area contributed by atoms with Crippen LogP contribution < -0.4 is 0 Å². The van der Waals surface area contributed by atoms with E-state index < -0.39 is 0 Å². The molecule has 0 N–H and O–H groups in total. The molecule has 0 bridgehead atoms. The number of nitrogens with zero attached hydrogens (tertiary/aromatic N) is 3. The smallest absolute Gasteiger partial charge is 0.0693 e. The number of hydrogen-bond acceptors (Lipinski definition) is 2. The topological polar surface area (TPSA) is 41.6 Å². The van der Waals surface area contributed by atoms with Gasteiger partial charge in [-0.15, -0.1) is 0 Å². The fourth-order valence-electron chi connectivity index (χ4n) is 2.04. The Morgan fingerprint density at radius 1 is 1.60 bits per heavy atom. The lowest BCUT2D eigenvalue weighted by Crippen LogP contribution is -2.30. The lowest BCUT2D eigenvalue weighted by Gasteiger charge is -2.34. The van der Waals surface area contributed by atoms with E-state index in [0.29, 0.717) is 6.04 Å². The van der Waals surface area contributed by atoms with E-state index in [1.54, 1.807) is 0 Å². The van der Waals surface area contributed by atoms with Gasteiger partial charge in [-0.05, 0) is 32.8 Å². The standard InChI is InChI=1S/C12H17N3/c1-10(2)15-7-4-11(14-15)8-12(9-13)5-3-6-12/h4,7,10H,3,5-6,8H2,1-2H3. The van der Waals surface area contributed by atoms with Crippen molar-refractivity contribution < 1.29 is 0 Å². The van der Waals surface area contributed by atoms with Crippen LogP contribution in [-0.2, 0) is 6.42 Å². The second-order valence-corrected chi connectivity index (χ2v) is 4.80. The van der Waals surface area contributed by atoms with Crippen LogP contribution in [0.2, 0.25) is 0 Å². The van der Waals surface area contributed by atoms with Crippen LogP contribution in [0.4, 0.5) is 0 Å². The van der Waals surface area contributed by atoms with Gasteiger partial charge in [0.25, 0.3) is 0 Å². The van der Waals surface area contributed by atoms with E-state index in [2.05, 4.69) is 25.0 Å². The molecule has 0 unspecified atom stereocenters. The summed E-state index contributed by atoms with van der Waals surface area (Å²) in [5.41, 5.74) is 0.959. The van der Waals surface area contributed by atoms with E-state index in [4.69, 9.17) is 5.26 Å². The molecule has 0 aromatic carbocycles. The average Bonchev–Trinajstić information content (AvgIpc) is 2.59. The Labute approximate surface area is 90.7 Å². The highest BCUT2D eigenvalue weighted by atomic mass is 15.3. The minimum atomic E-state index is -0.101. The summed E-state index contributed by atoms with van der Waals surface area (Å²) < 4.78 is 1.96. The molecule has 0 aliphatic heterocycles. The highest BCUT2D eigenvalue weighted by molar-refractivity contribution is 5.13. The highest BCUT2D eigenvalue weighted by Crippen LogP contribution is 2.42. The van der Waals surface area contributed by atoms with Gasteiger partial charge in [0.15, 0.2) is 0 Å². The number of aromatic nitrogens is 2. The van der Waals surface area contributed by atoms with Crippen LogP contribution in [0.3, 0.4) is 0 Å². The Kier molecular flexibility index (Phi) is 2.52. The average molecular weight is 203 g/mol. The fraction of sp³-hybridized carbons (Fsp3) is 0.667. The third-order valence-electron chi connectivity index (χ3n) is 3.26. The van der Waals surface area contributed by atoms with Crippen LogP contribution in [0.15, 0.2) is 12.3 Å². The van der Waals surface area contributed by atoms with Crippen LogP contribution >= 0.6 is 0 Å². The zero-order valence-corrected chi connectivity index (χ0v) is 9.40. The van der Waals surface area contributed by atoms with Gasteiger partial charge < -0.3 is 0 Å². The zero-order valence-electron chi connectivity index (χ0n) is 9.40. The maximum absolute atomic E-state index is 9.13. The molecule has 15 heavy (non-hydrogen) atoms. The summed E-state index contributed by atoms with van der Waals surface area (Å²) >= 11 is 0. The molecule has 0 radical (unpaired) electrons. The number of rotatable bonds is 3. The van der Waals surface area contributed by atoms with Gasteiger partial charge in [-0.1, -0.05) is 6.42 Å². The monoisotopic (exact) mass is 203 g/mol. The largest absolute Gasteiger partial charge is 0.270 e. The minimum absolute atomic E-state index is 0.101. The molecule has 1 aromatic rings. The lowest BCUT2D eigenvalue weighted by molar-refractivity contribution is 0.211. The van der Waals surface area contributed by atoms with Crippen molar-refractivity contribution in [3.05, 3.63) is 18.0 Å². The van der Waals surface area contributed by atoms with E-state index >= 15 is 0 Å². The second kappa shape index (κ2) is 3.69. The Bertz CT molecular complexity index is 380. The van der Waals surface area contributed by atoms with Crippen LogP contribution in [-0.4, -0.2) is 9.78 Å². The summed E-state index contributed by atoms with van der Waals surface area (Å²) in [5, 5.41) is 13.6. The van der Waals surface area contributed by atoms with Crippen molar-refractivity contribution in [3.8, 4) is 6.07 Å². The predicted octanol–water partition coefficient (Wildman–Crippen LogP) is 2.70. The fourth-order valence-corrected chi connectivity index (χ4v) is 2.04. The molecule has 0 saturated heterocycles.